The van der Waals surface area contributed by atoms with Gasteiger partial charge in [-0.15, -0.1) is 0 Å². The highest BCUT2D eigenvalue weighted by Crippen LogP contribution is 2.23. The van der Waals surface area contributed by atoms with E-state index in [0.717, 1.165) is 6.26 Å². The van der Waals surface area contributed by atoms with Gasteiger partial charge in [-0.3, -0.25) is 11.3 Å². The lowest BCUT2D eigenvalue weighted by Gasteiger charge is -2.32. The molecule has 0 saturated heterocycles. The van der Waals surface area contributed by atoms with Gasteiger partial charge in [0.2, 0.25) is 0 Å². The number of hydrazine groups is 1. The van der Waals surface area contributed by atoms with Crippen LogP contribution in [0.1, 0.15) is 33.6 Å². The van der Waals surface area contributed by atoms with E-state index < -0.39 is 30.5 Å². The largest absolute Gasteiger partial charge is 0.271 e. The van der Waals surface area contributed by atoms with E-state index >= 15 is 0 Å². The Balaban J connectivity index is 4.66. The summed E-state index contributed by atoms with van der Waals surface area (Å²) in [7, 11) is -6.30. The molecular weight excluding hydrogens is 276 g/mol. The van der Waals surface area contributed by atoms with Crippen molar-refractivity contribution in [2.75, 3.05) is 17.8 Å². The maximum Gasteiger partial charge on any atom is 0.154 e. The van der Waals surface area contributed by atoms with Crippen molar-refractivity contribution in [3.63, 3.8) is 0 Å². The van der Waals surface area contributed by atoms with E-state index in [1.54, 1.807) is 20.8 Å². The monoisotopic (exact) mass is 300 g/mol. The summed E-state index contributed by atoms with van der Waals surface area (Å²) < 4.78 is 45.0. The molecule has 3 N–H and O–H groups in total. The minimum atomic E-state index is -3.28. The van der Waals surface area contributed by atoms with Gasteiger partial charge in [0.25, 0.3) is 0 Å². The number of sulfone groups is 2. The lowest BCUT2D eigenvalue weighted by atomic mass is 9.99. The summed E-state index contributed by atoms with van der Waals surface area (Å²) in [6, 6.07) is -0.473. The van der Waals surface area contributed by atoms with Crippen LogP contribution in [0.5, 0.6) is 0 Å². The van der Waals surface area contributed by atoms with E-state index in [1.807, 2.05) is 0 Å². The summed E-state index contributed by atoms with van der Waals surface area (Å²) in [5.74, 6) is 5.53. The van der Waals surface area contributed by atoms with Crippen molar-refractivity contribution in [3.8, 4) is 0 Å². The number of rotatable bonds is 8. The third kappa shape index (κ3) is 4.83. The van der Waals surface area contributed by atoms with E-state index in [4.69, 9.17) is 5.84 Å². The first-order valence-electron chi connectivity index (χ1n) is 5.84. The third-order valence-corrected chi connectivity index (χ3v) is 7.37. The van der Waals surface area contributed by atoms with Crippen LogP contribution in [-0.2, 0) is 19.7 Å². The molecule has 0 aromatic rings. The molecule has 0 spiro atoms. The Bertz CT molecular complexity index is 454. The zero-order valence-corrected chi connectivity index (χ0v) is 13.1. The standard InChI is InChI=1S/C10H24N2O4S2/c1-5-18(15,16)8-6-7-9(12-11)10(2,3)17(4,13)14/h9,12H,5-8,11H2,1-4H3. The average molecular weight is 300 g/mol. The molecule has 0 amide bonds. The summed E-state index contributed by atoms with van der Waals surface area (Å²) in [6.45, 7) is 4.76. The number of hydrogen-bond acceptors (Lipinski definition) is 6. The minimum absolute atomic E-state index is 0.0571. The molecule has 0 aromatic heterocycles. The quantitative estimate of drug-likeness (QED) is 0.477. The van der Waals surface area contributed by atoms with Crippen LogP contribution in [0.4, 0.5) is 0 Å². The molecule has 0 aliphatic heterocycles. The maximum absolute atomic E-state index is 11.7. The van der Waals surface area contributed by atoms with Gasteiger partial charge < -0.3 is 0 Å². The summed E-state index contributed by atoms with van der Waals surface area (Å²) in [4.78, 5) is 0. The fraction of sp³-hybridized carbons (Fsp3) is 1.00. The molecule has 8 heteroatoms. The second-order valence-corrected chi connectivity index (χ2v) is 10.0. The maximum atomic E-state index is 11.7. The zero-order valence-electron chi connectivity index (χ0n) is 11.4. The zero-order chi connectivity index (χ0) is 14.6. The van der Waals surface area contributed by atoms with Gasteiger partial charge in [-0.05, 0) is 26.7 Å². The van der Waals surface area contributed by atoms with E-state index in [2.05, 4.69) is 5.43 Å². The average Bonchev–Trinajstić information content (AvgIpc) is 2.22. The van der Waals surface area contributed by atoms with Crippen LogP contribution >= 0.6 is 0 Å². The highest BCUT2D eigenvalue weighted by atomic mass is 32.2. The highest BCUT2D eigenvalue weighted by molar-refractivity contribution is 7.92. The fourth-order valence-corrected chi connectivity index (χ4v) is 3.14. The Kier molecular flexibility index (Phi) is 6.25. The molecule has 0 aliphatic rings. The van der Waals surface area contributed by atoms with E-state index in [9.17, 15) is 16.8 Å². The summed E-state index contributed by atoms with van der Waals surface area (Å²) in [6.07, 6.45) is 1.94. The van der Waals surface area contributed by atoms with Crippen LogP contribution in [-0.4, -0.2) is 45.4 Å². The third-order valence-electron chi connectivity index (χ3n) is 3.38. The van der Waals surface area contributed by atoms with Crippen molar-refractivity contribution in [1.29, 1.82) is 0 Å². The van der Waals surface area contributed by atoms with Crippen LogP contribution in [0.3, 0.4) is 0 Å². The summed E-state index contributed by atoms with van der Waals surface area (Å²) in [5.41, 5.74) is 2.48. The van der Waals surface area contributed by atoms with Crippen molar-refractivity contribution in [2.24, 2.45) is 5.84 Å². The van der Waals surface area contributed by atoms with Gasteiger partial charge in [0.05, 0.1) is 10.5 Å². The molecule has 6 nitrogen and oxygen atoms in total. The van der Waals surface area contributed by atoms with Crippen LogP contribution in [0.25, 0.3) is 0 Å². The Morgan fingerprint density at radius 1 is 1.22 bits per heavy atom. The molecule has 1 atom stereocenters. The smallest absolute Gasteiger partial charge is 0.154 e. The molecule has 18 heavy (non-hydrogen) atoms. The molecule has 0 saturated carbocycles. The molecule has 0 heterocycles. The van der Waals surface area contributed by atoms with Crippen molar-refractivity contribution in [1.82, 2.24) is 5.43 Å². The van der Waals surface area contributed by atoms with Crippen molar-refractivity contribution in [2.45, 2.75) is 44.4 Å². The number of hydrogen-bond donors (Lipinski definition) is 2. The Morgan fingerprint density at radius 3 is 2.06 bits per heavy atom. The van der Waals surface area contributed by atoms with E-state index in [1.165, 1.54) is 0 Å². The van der Waals surface area contributed by atoms with Crippen LogP contribution in [0.2, 0.25) is 0 Å². The number of nitrogens with two attached hydrogens (primary N) is 1. The number of nitrogens with one attached hydrogen (secondary N) is 1. The molecule has 0 aliphatic carbocycles. The first-order valence-corrected chi connectivity index (χ1v) is 9.55. The van der Waals surface area contributed by atoms with Crippen molar-refractivity contribution >= 4 is 19.7 Å². The predicted molar refractivity (Wildman–Crippen MR) is 73.6 cm³/mol. The van der Waals surface area contributed by atoms with E-state index in [-0.39, 0.29) is 11.5 Å². The van der Waals surface area contributed by atoms with Crippen LogP contribution in [0.15, 0.2) is 0 Å². The topological polar surface area (TPSA) is 106 Å². The lowest BCUT2D eigenvalue weighted by molar-refractivity contribution is 0.391. The molecule has 0 aromatic carbocycles. The molecule has 0 fully saturated rings. The first-order chi connectivity index (χ1) is 7.98. The second-order valence-electron chi connectivity index (χ2n) is 4.97. The Morgan fingerprint density at radius 2 is 1.72 bits per heavy atom. The molecule has 0 rings (SSSR count). The van der Waals surface area contributed by atoms with Crippen molar-refractivity contribution in [3.05, 3.63) is 0 Å². The van der Waals surface area contributed by atoms with Gasteiger partial charge in [-0.25, -0.2) is 16.8 Å². The molecule has 110 valence electrons. The van der Waals surface area contributed by atoms with Crippen LogP contribution < -0.4 is 11.3 Å². The van der Waals surface area contributed by atoms with Crippen LogP contribution in [0, 0.1) is 0 Å². The normalized spacial score (nSPS) is 15.6. The fourth-order valence-electron chi connectivity index (χ4n) is 1.54. The summed E-state index contributed by atoms with van der Waals surface area (Å²) >= 11 is 0. The van der Waals surface area contributed by atoms with E-state index in [0.29, 0.717) is 12.8 Å². The lowest BCUT2D eigenvalue weighted by Crippen LogP contribution is -2.54. The highest BCUT2D eigenvalue weighted by Gasteiger charge is 2.38. The van der Waals surface area contributed by atoms with Gasteiger partial charge >= 0.3 is 0 Å². The molecule has 1 unspecified atom stereocenters. The second kappa shape index (κ2) is 6.31. The van der Waals surface area contributed by atoms with Gasteiger partial charge in [-0.1, -0.05) is 6.92 Å². The van der Waals surface area contributed by atoms with Gasteiger partial charge in [0, 0.05) is 18.1 Å². The van der Waals surface area contributed by atoms with Gasteiger partial charge in [0.15, 0.2) is 9.84 Å². The Hall–Kier alpha value is -0.180. The summed E-state index contributed by atoms with van der Waals surface area (Å²) in [5, 5.41) is 0. The van der Waals surface area contributed by atoms with Gasteiger partial charge in [-0.2, -0.15) is 0 Å². The minimum Gasteiger partial charge on any atom is -0.271 e. The molecule has 0 bridgehead atoms. The first kappa shape index (κ1) is 17.8. The molecular formula is C10H24N2O4S2. The SMILES string of the molecule is CCS(=O)(=O)CCCC(NN)C(C)(C)S(C)(=O)=O. The Labute approximate surface area is 110 Å². The van der Waals surface area contributed by atoms with Crippen molar-refractivity contribution < 1.29 is 16.8 Å². The van der Waals surface area contributed by atoms with Gasteiger partial charge in [0.1, 0.15) is 9.84 Å². The predicted octanol–water partition coefficient (Wildman–Crippen LogP) is -0.144. The molecule has 0 radical (unpaired) electrons.